The zero-order valence-corrected chi connectivity index (χ0v) is 6.63. The summed E-state index contributed by atoms with van der Waals surface area (Å²) < 4.78 is 1.27. The Balaban J connectivity index is 3.24. The number of aromatic amines is 1. The molecule has 0 saturated heterocycles. The second-order valence-electron chi connectivity index (χ2n) is 2.40. The highest BCUT2D eigenvalue weighted by molar-refractivity contribution is 5.00. The number of H-pyrrole nitrogens is 1. The molecule has 6 nitrogen and oxygen atoms in total. The lowest BCUT2D eigenvalue weighted by Gasteiger charge is -2.03. The molecular weight excluding hydrogens is 160 g/mol. The Kier molecular flexibility index (Phi) is 2.41. The van der Waals surface area contributed by atoms with Crippen LogP contribution in [0.1, 0.15) is 5.56 Å². The molecule has 0 amide bonds. The maximum absolute atomic E-state index is 11.0. The van der Waals surface area contributed by atoms with Gasteiger partial charge in [-0.25, -0.2) is 10.2 Å². The first-order valence-corrected chi connectivity index (χ1v) is 3.39. The summed E-state index contributed by atoms with van der Waals surface area (Å²) in [5, 5.41) is 0. The SMILES string of the molecule is Cc1cn(CNN)c(=O)[nH]c1=O. The average molecular weight is 170 g/mol. The first-order chi connectivity index (χ1) is 5.65. The third-order valence-corrected chi connectivity index (χ3v) is 1.45. The summed E-state index contributed by atoms with van der Waals surface area (Å²) in [6.45, 7) is 1.79. The number of aromatic nitrogens is 2. The van der Waals surface area contributed by atoms with Crippen LogP contribution in [0, 0.1) is 6.92 Å². The minimum absolute atomic E-state index is 0.177. The lowest BCUT2D eigenvalue weighted by Crippen LogP contribution is -2.36. The Morgan fingerprint density at radius 2 is 2.33 bits per heavy atom. The summed E-state index contributed by atoms with van der Waals surface area (Å²) in [5.41, 5.74) is 1.95. The van der Waals surface area contributed by atoms with Gasteiger partial charge in [-0.2, -0.15) is 0 Å². The van der Waals surface area contributed by atoms with Gasteiger partial charge in [0.25, 0.3) is 5.56 Å². The van der Waals surface area contributed by atoms with E-state index in [1.807, 2.05) is 0 Å². The number of hydrogen-bond acceptors (Lipinski definition) is 4. The van der Waals surface area contributed by atoms with Gasteiger partial charge in [0.2, 0.25) is 0 Å². The predicted molar refractivity (Wildman–Crippen MR) is 43.4 cm³/mol. The molecule has 12 heavy (non-hydrogen) atoms. The number of hydrogen-bond donors (Lipinski definition) is 3. The first-order valence-electron chi connectivity index (χ1n) is 3.39. The van der Waals surface area contributed by atoms with E-state index in [0.29, 0.717) is 5.56 Å². The quantitative estimate of drug-likeness (QED) is 0.363. The molecule has 0 fully saturated rings. The van der Waals surface area contributed by atoms with Gasteiger partial charge in [-0.05, 0) is 6.92 Å². The van der Waals surface area contributed by atoms with Crippen LogP contribution in [0.3, 0.4) is 0 Å². The van der Waals surface area contributed by atoms with E-state index in [2.05, 4.69) is 10.4 Å². The standard InChI is InChI=1S/C6H10N4O2/c1-4-2-10(3-8-7)6(12)9-5(4)11/h2,8H,3,7H2,1H3,(H,9,11,12). The molecule has 0 saturated carbocycles. The van der Waals surface area contributed by atoms with Crippen molar-refractivity contribution in [3.05, 3.63) is 32.6 Å². The lowest BCUT2D eigenvalue weighted by atomic mass is 10.4. The molecule has 1 aromatic heterocycles. The van der Waals surface area contributed by atoms with E-state index in [-0.39, 0.29) is 12.2 Å². The van der Waals surface area contributed by atoms with Gasteiger partial charge in [-0.1, -0.05) is 0 Å². The highest BCUT2D eigenvalue weighted by Gasteiger charge is 1.97. The molecular formula is C6H10N4O2. The van der Waals surface area contributed by atoms with Crippen molar-refractivity contribution in [1.29, 1.82) is 0 Å². The molecule has 0 aliphatic heterocycles. The van der Waals surface area contributed by atoms with Gasteiger partial charge in [0.1, 0.15) is 0 Å². The maximum Gasteiger partial charge on any atom is 0.329 e. The summed E-state index contributed by atoms with van der Waals surface area (Å²) in [5.74, 6) is 5.02. The smallest absolute Gasteiger partial charge is 0.286 e. The largest absolute Gasteiger partial charge is 0.329 e. The highest BCUT2D eigenvalue weighted by Crippen LogP contribution is 1.80. The normalized spacial score (nSPS) is 10.2. The summed E-state index contributed by atoms with van der Waals surface area (Å²) >= 11 is 0. The molecule has 0 bridgehead atoms. The molecule has 0 aliphatic rings. The van der Waals surface area contributed by atoms with Gasteiger partial charge >= 0.3 is 5.69 Å². The van der Waals surface area contributed by atoms with E-state index in [4.69, 9.17) is 5.84 Å². The number of nitrogens with zero attached hydrogens (tertiary/aromatic N) is 1. The highest BCUT2D eigenvalue weighted by atomic mass is 16.2. The summed E-state index contributed by atoms with van der Waals surface area (Å²) in [4.78, 5) is 24.0. The molecule has 1 aromatic rings. The van der Waals surface area contributed by atoms with E-state index < -0.39 is 5.69 Å². The molecule has 66 valence electrons. The van der Waals surface area contributed by atoms with Crippen LogP contribution in [0.25, 0.3) is 0 Å². The van der Waals surface area contributed by atoms with Crippen LogP contribution in [0.5, 0.6) is 0 Å². The Bertz CT molecular complexity index is 378. The van der Waals surface area contributed by atoms with Gasteiger partial charge in [-0.15, -0.1) is 0 Å². The molecule has 0 unspecified atom stereocenters. The van der Waals surface area contributed by atoms with Crippen LogP contribution in [0.15, 0.2) is 15.8 Å². The Labute approximate surface area is 68.0 Å². The van der Waals surface area contributed by atoms with Crippen molar-refractivity contribution >= 4 is 0 Å². The average Bonchev–Trinajstić information content (AvgIpc) is 2.01. The van der Waals surface area contributed by atoms with E-state index >= 15 is 0 Å². The Morgan fingerprint density at radius 3 is 2.92 bits per heavy atom. The third kappa shape index (κ3) is 1.60. The van der Waals surface area contributed by atoms with Crippen LogP contribution < -0.4 is 22.5 Å². The van der Waals surface area contributed by atoms with E-state index in [0.717, 1.165) is 0 Å². The molecule has 6 heteroatoms. The number of nitrogens with two attached hydrogens (primary N) is 1. The fourth-order valence-electron chi connectivity index (χ4n) is 0.834. The van der Waals surface area contributed by atoms with Crippen LogP contribution in [-0.2, 0) is 6.67 Å². The zero-order chi connectivity index (χ0) is 9.14. The number of rotatable bonds is 2. The third-order valence-electron chi connectivity index (χ3n) is 1.45. The second kappa shape index (κ2) is 3.33. The first kappa shape index (κ1) is 8.69. The summed E-state index contributed by atoms with van der Waals surface area (Å²) in [7, 11) is 0. The van der Waals surface area contributed by atoms with Crippen LogP contribution >= 0.6 is 0 Å². The van der Waals surface area contributed by atoms with Crippen molar-refractivity contribution in [3.8, 4) is 0 Å². The van der Waals surface area contributed by atoms with Crippen LogP contribution in [-0.4, -0.2) is 9.55 Å². The fourth-order valence-corrected chi connectivity index (χ4v) is 0.834. The summed E-state index contributed by atoms with van der Waals surface area (Å²) in [6.07, 6.45) is 1.45. The number of aryl methyl sites for hydroxylation is 1. The van der Waals surface area contributed by atoms with Gasteiger partial charge in [0.15, 0.2) is 0 Å². The van der Waals surface area contributed by atoms with Crippen LogP contribution in [0.2, 0.25) is 0 Å². The molecule has 0 radical (unpaired) electrons. The lowest BCUT2D eigenvalue weighted by molar-refractivity contribution is 0.548. The molecule has 1 rings (SSSR count). The van der Waals surface area contributed by atoms with Gasteiger partial charge in [0, 0.05) is 11.8 Å². The molecule has 1 heterocycles. The Morgan fingerprint density at radius 1 is 1.67 bits per heavy atom. The maximum atomic E-state index is 11.0. The second-order valence-corrected chi connectivity index (χ2v) is 2.40. The van der Waals surface area contributed by atoms with E-state index in [1.54, 1.807) is 6.92 Å². The van der Waals surface area contributed by atoms with Crippen molar-refractivity contribution in [2.45, 2.75) is 13.6 Å². The fraction of sp³-hybridized carbons (Fsp3) is 0.333. The molecule has 0 aliphatic carbocycles. The van der Waals surface area contributed by atoms with Gasteiger partial charge in [0.05, 0.1) is 6.67 Å². The molecule has 0 spiro atoms. The molecule has 4 N–H and O–H groups in total. The van der Waals surface area contributed by atoms with Crippen molar-refractivity contribution < 1.29 is 0 Å². The van der Waals surface area contributed by atoms with E-state index in [1.165, 1.54) is 10.8 Å². The predicted octanol–water partition coefficient (Wildman–Crippen LogP) is -1.73. The van der Waals surface area contributed by atoms with Crippen LogP contribution in [0.4, 0.5) is 0 Å². The van der Waals surface area contributed by atoms with Crippen molar-refractivity contribution in [3.63, 3.8) is 0 Å². The van der Waals surface area contributed by atoms with Gasteiger partial charge < -0.3 is 0 Å². The van der Waals surface area contributed by atoms with Crippen molar-refractivity contribution in [1.82, 2.24) is 15.0 Å². The summed E-state index contributed by atoms with van der Waals surface area (Å²) in [6, 6.07) is 0. The topological polar surface area (TPSA) is 92.9 Å². The minimum atomic E-state index is -0.469. The van der Waals surface area contributed by atoms with E-state index in [9.17, 15) is 9.59 Å². The van der Waals surface area contributed by atoms with Crippen molar-refractivity contribution in [2.75, 3.05) is 0 Å². The monoisotopic (exact) mass is 170 g/mol. The zero-order valence-electron chi connectivity index (χ0n) is 6.63. The van der Waals surface area contributed by atoms with Crippen molar-refractivity contribution in [2.24, 2.45) is 5.84 Å². The minimum Gasteiger partial charge on any atom is -0.286 e. The molecule has 0 atom stereocenters. The number of hydrazine groups is 1. The number of nitrogens with one attached hydrogen (secondary N) is 2. The molecule has 0 aromatic carbocycles. The Hall–Kier alpha value is -1.40. The van der Waals surface area contributed by atoms with Gasteiger partial charge in [-0.3, -0.25) is 20.2 Å².